The van der Waals surface area contributed by atoms with Crippen LogP contribution in [0.25, 0.3) is 11.0 Å². The van der Waals surface area contributed by atoms with E-state index in [1.807, 2.05) is 31.3 Å². The molecule has 8 nitrogen and oxygen atoms in total. The molecule has 1 aliphatic rings. The molecule has 1 amide bonds. The average Bonchev–Trinajstić information content (AvgIpc) is 2.78. The van der Waals surface area contributed by atoms with Crippen molar-refractivity contribution in [1.29, 1.82) is 0 Å². The van der Waals surface area contributed by atoms with E-state index < -0.39 is 0 Å². The van der Waals surface area contributed by atoms with Crippen molar-refractivity contribution in [1.82, 2.24) is 25.2 Å². The lowest BCUT2D eigenvalue weighted by Gasteiger charge is -2.35. The maximum Gasteiger partial charge on any atom is 0.252 e. The Labute approximate surface area is 175 Å². The molecular weight excluding hydrogens is 380 g/mol. The van der Waals surface area contributed by atoms with E-state index in [1.165, 1.54) is 0 Å². The summed E-state index contributed by atoms with van der Waals surface area (Å²) >= 11 is 0. The van der Waals surface area contributed by atoms with Gasteiger partial charge in [0.05, 0.1) is 16.6 Å². The summed E-state index contributed by atoms with van der Waals surface area (Å²) in [6, 6.07) is 7.60. The Morgan fingerprint density at radius 1 is 1.13 bits per heavy atom. The van der Waals surface area contributed by atoms with Gasteiger partial charge < -0.3 is 15.2 Å². The van der Waals surface area contributed by atoms with E-state index in [0.29, 0.717) is 12.0 Å². The Bertz CT molecular complexity index is 1100. The number of rotatable bonds is 5. The van der Waals surface area contributed by atoms with Crippen molar-refractivity contribution in [2.75, 3.05) is 38.1 Å². The minimum absolute atomic E-state index is 0.0347. The molecule has 8 heteroatoms. The van der Waals surface area contributed by atoms with Crippen LogP contribution in [0.5, 0.6) is 0 Å². The van der Waals surface area contributed by atoms with E-state index in [9.17, 15) is 9.59 Å². The SMILES string of the molecule is CCc1cc2ncc(CN3CCN(c4ccc(C(=O)NC)cn4)CC3)cc2[nH]c1=O. The van der Waals surface area contributed by atoms with Gasteiger partial charge in [0, 0.05) is 57.7 Å². The van der Waals surface area contributed by atoms with Crippen LogP contribution in [0.2, 0.25) is 0 Å². The van der Waals surface area contributed by atoms with Gasteiger partial charge in [0.1, 0.15) is 5.82 Å². The summed E-state index contributed by atoms with van der Waals surface area (Å²) in [7, 11) is 1.61. The van der Waals surface area contributed by atoms with Crippen LogP contribution in [0, 0.1) is 0 Å². The number of fused-ring (bicyclic) bond motifs is 1. The number of amides is 1. The number of carbonyl (C=O) groups is 1. The van der Waals surface area contributed by atoms with Crippen LogP contribution in [0.4, 0.5) is 5.82 Å². The second-order valence-electron chi connectivity index (χ2n) is 7.50. The standard InChI is InChI=1S/C22H26N6O2/c1-3-16-11-18-19(26-22(16)30)10-15(12-24-18)14-27-6-8-28(9-7-27)20-5-4-17(13-25-20)21(29)23-2/h4-5,10-13H,3,6-9,14H2,1-2H3,(H,23,29)(H,26,30). The molecule has 0 radical (unpaired) electrons. The van der Waals surface area contributed by atoms with Gasteiger partial charge in [-0.25, -0.2) is 4.98 Å². The lowest BCUT2D eigenvalue weighted by atomic mass is 10.1. The first-order valence-corrected chi connectivity index (χ1v) is 10.2. The van der Waals surface area contributed by atoms with Crippen LogP contribution in [0.15, 0.2) is 41.5 Å². The molecule has 4 rings (SSSR count). The van der Waals surface area contributed by atoms with Crippen LogP contribution < -0.4 is 15.8 Å². The molecule has 0 unspecified atom stereocenters. The molecule has 0 saturated carbocycles. The summed E-state index contributed by atoms with van der Waals surface area (Å²) in [6.45, 7) is 6.30. The molecule has 0 aliphatic carbocycles. The molecule has 0 atom stereocenters. The van der Waals surface area contributed by atoms with Crippen LogP contribution in [-0.4, -0.2) is 59.0 Å². The minimum Gasteiger partial charge on any atom is -0.355 e. The Morgan fingerprint density at radius 2 is 1.93 bits per heavy atom. The fourth-order valence-corrected chi connectivity index (χ4v) is 3.76. The summed E-state index contributed by atoms with van der Waals surface area (Å²) in [5.41, 5.74) is 3.99. The van der Waals surface area contributed by atoms with Gasteiger partial charge in [0.2, 0.25) is 0 Å². The molecule has 30 heavy (non-hydrogen) atoms. The highest BCUT2D eigenvalue weighted by Gasteiger charge is 2.19. The molecular formula is C22H26N6O2. The maximum atomic E-state index is 12.1. The zero-order chi connectivity index (χ0) is 21.1. The number of aryl methyl sites for hydroxylation is 1. The average molecular weight is 406 g/mol. The van der Waals surface area contributed by atoms with E-state index >= 15 is 0 Å². The minimum atomic E-state index is -0.130. The molecule has 0 spiro atoms. The van der Waals surface area contributed by atoms with Crippen molar-refractivity contribution in [3.05, 3.63) is 63.7 Å². The predicted octanol–water partition coefficient (Wildman–Crippen LogP) is 1.56. The number of anilines is 1. The second kappa shape index (κ2) is 8.62. The van der Waals surface area contributed by atoms with E-state index in [0.717, 1.165) is 60.7 Å². The Morgan fingerprint density at radius 3 is 2.60 bits per heavy atom. The van der Waals surface area contributed by atoms with Gasteiger partial charge in [-0.05, 0) is 36.2 Å². The van der Waals surface area contributed by atoms with Gasteiger partial charge >= 0.3 is 0 Å². The molecule has 0 aromatic carbocycles. The zero-order valence-corrected chi connectivity index (χ0v) is 17.3. The molecule has 3 aromatic heterocycles. The van der Waals surface area contributed by atoms with Gasteiger partial charge in [0.25, 0.3) is 11.5 Å². The van der Waals surface area contributed by atoms with Gasteiger partial charge in [-0.3, -0.25) is 19.5 Å². The van der Waals surface area contributed by atoms with Gasteiger partial charge in [-0.1, -0.05) is 6.92 Å². The van der Waals surface area contributed by atoms with E-state index in [2.05, 4.69) is 30.1 Å². The fraction of sp³-hybridized carbons (Fsp3) is 0.364. The topological polar surface area (TPSA) is 94.2 Å². The number of hydrogen-bond donors (Lipinski definition) is 2. The number of nitrogens with zero attached hydrogens (tertiary/aromatic N) is 4. The molecule has 3 aromatic rings. The maximum absolute atomic E-state index is 12.1. The van der Waals surface area contributed by atoms with E-state index in [1.54, 1.807) is 19.3 Å². The normalized spacial score (nSPS) is 14.8. The largest absolute Gasteiger partial charge is 0.355 e. The van der Waals surface area contributed by atoms with Crippen molar-refractivity contribution in [2.24, 2.45) is 0 Å². The van der Waals surface area contributed by atoms with Gasteiger partial charge in [-0.15, -0.1) is 0 Å². The number of H-pyrrole nitrogens is 1. The van der Waals surface area contributed by atoms with Crippen molar-refractivity contribution in [2.45, 2.75) is 19.9 Å². The van der Waals surface area contributed by atoms with Gasteiger partial charge in [0.15, 0.2) is 0 Å². The monoisotopic (exact) mass is 406 g/mol. The molecule has 2 N–H and O–H groups in total. The Kier molecular flexibility index (Phi) is 5.76. The number of piperazine rings is 1. The number of hydrogen-bond acceptors (Lipinski definition) is 6. The van der Waals surface area contributed by atoms with Crippen molar-refractivity contribution < 1.29 is 4.79 Å². The van der Waals surface area contributed by atoms with Crippen LogP contribution in [-0.2, 0) is 13.0 Å². The molecule has 1 saturated heterocycles. The Hall–Kier alpha value is -3.26. The number of nitrogens with one attached hydrogen (secondary N) is 2. The third kappa shape index (κ3) is 4.18. The number of pyridine rings is 3. The highest BCUT2D eigenvalue weighted by Crippen LogP contribution is 2.17. The lowest BCUT2D eigenvalue weighted by Crippen LogP contribution is -2.46. The second-order valence-corrected chi connectivity index (χ2v) is 7.50. The molecule has 156 valence electrons. The summed E-state index contributed by atoms with van der Waals surface area (Å²) in [5, 5.41) is 2.61. The summed E-state index contributed by atoms with van der Waals surface area (Å²) in [5.74, 6) is 0.758. The first-order chi connectivity index (χ1) is 14.6. The first kappa shape index (κ1) is 20.0. The zero-order valence-electron chi connectivity index (χ0n) is 17.3. The highest BCUT2D eigenvalue weighted by atomic mass is 16.1. The third-order valence-corrected chi connectivity index (χ3v) is 5.55. The van der Waals surface area contributed by atoms with Gasteiger partial charge in [-0.2, -0.15) is 0 Å². The predicted molar refractivity (Wildman–Crippen MR) is 117 cm³/mol. The quantitative estimate of drug-likeness (QED) is 0.668. The van der Waals surface area contributed by atoms with Crippen LogP contribution in [0.1, 0.15) is 28.4 Å². The smallest absolute Gasteiger partial charge is 0.252 e. The number of aromatic nitrogens is 3. The number of carbonyl (C=O) groups excluding carboxylic acids is 1. The first-order valence-electron chi connectivity index (χ1n) is 10.2. The third-order valence-electron chi connectivity index (χ3n) is 5.55. The summed E-state index contributed by atoms with van der Waals surface area (Å²) < 4.78 is 0. The molecule has 1 fully saturated rings. The van der Waals surface area contributed by atoms with Crippen LogP contribution in [0.3, 0.4) is 0 Å². The van der Waals surface area contributed by atoms with Crippen molar-refractivity contribution in [3.63, 3.8) is 0 Å². The summed E-state index contributed by atoms with van der Waals surface area (Å²) in [6.07, 6.45) is 4.21. The van der Waals surface area contributed by atoms with Crippen molar-refractivity contribution >= 4 is 22.8 Å². The fourth-order valence-electron chi connectivity index (χ4n) is 3.76. The molecule has 0 bridgehead atoms. The summed E-state index contributed by atoms with van der Waals surface area (Å²) in [4.78, 5) is 40.3. The molecule has 4 heterocycles. The van der Waals surface area contributed by atoms with Crippen LogP contribution >= 0.6 is 0 Å². The van der Waals surface area contributed by atoms with E-state index in [-0.39, 0.29) is 11.5 Å². The van der Waals surface area contributed by atoms with E-state index in [4.69, 9.17) is 0 Å². The van der Waals surface area contributed by atoms with Crippen molar-refractivity contribution in [3.8, 4) is 0 Å². The number of aromatic amines is 1. The Balaban J connectivity index is 1.38. The molecule has 1 aliphatic heterocycles. The highest BCUT2D eigenvalue weighted by molar-refractivity contribution is 5.93. The lowest BCUT2D eigenvalue weighted by molar-refractivity contribution is 0.0962.